The lowest BCUT2D eigenvalue weighted by molar-refractivity contribution is -0.161. The zero-order valence-electron chi connectivity index (χ0n) is 29.3. The Hall–Kier alpha value is -2.35. The van der Waals surface area contributed by atoms with E-state index in [0.717, 1.165) is 38.2 Å². The van der Waals surface area contributed by atoms with Crippen molar-refractivity contribution >= 4 is 31.7 Å². The maximum absolute atomic E-state index is 12.5. The molecule has 0 aromatic rings. The zero-order valence-corrected chi connectivity index (χ0v) is 30.2. The van der Waals surface area contributed by atoms with E-state index in [1.807, 2.05) is 0 Å². The number of carbonyl (C=O) groups is 4. The lowest BCUT2D eigenvalue weighted by atomic mass is 10.0. The van der Waals surface area contributed by atoms with Gasteiger partial charge in [-0.05, 0) is 25.3 Å². The van der Waals surface area contributed by atoms with Crippen LogP contribution in [-0.4, -0.2) is 82.2 Å². The van der Waals surface area contributed by atoms with E-state index in [9.17, 15) is 33.7 Å². The molecule has 0 aliphatic carbocycles. The van der Waals surface area contributed by atoms with Crippen molar-refractivity contribution in [2.45, 2.75) is 160 Å². The maximum atomic E-state index is 12.5. The molecule has 0 saturated heterocycles. The van der Waals surface area contributed by atoms with Crippen molar-refractivity contribution < 1.29 is 62.5 Å². The highest BCUT2D eigenvalue weighted by molar-refractivity contribution is 7.47. The quantitative estimate of drug-likeness (QED) is 0.0215. The fourth-order valence-corrected chi connectivity index (χ4v) is 5.59. The summed E-state index contributed by atoms with van der Waals surface area (Å²) in [4.78, 5) is 56.0. The minimum atomic E-state index is -4.75. The Morgan fingerprint density at radius 2 is 1.16 bits per heavy atom. The summed E-state index contributed by atoms with van der Waals surface area (Å²) in [5, 5.41) is 27.1. The van der Waals surface area contributed by atoms with Crippen LogP contribution < -0.4 is 5.73 Å². The van der Waals surface area contributed by atoms with Gasteiger partial charge in [-0.3, -0.25) is 23.4 Å². The van der Waals surface area contributed by atoms with E-state index in [2.05, 4.69) is 11.4 Å². The Bertz CT molecular complexity index is 978. The molecule has 0 rings (SSSR count). The highest BCUT2D eigenvalue weighted by Crippen LogP contribution is 2.43. The van der Waals surface area contributed by atoms with Crippen molar-refractivity contribution in [3.63, 3.8) is 0 Å². The first-order valence-corrected chi connectivity index (χ1v) is 19.4. The zero-order chi connectivity index (χ0) is 36.8. The maximum Gasteiger partial charge on any atom is 0.472 e. The van der Waals surface area contributed by atoms with Crippen LogP contribution in [0.2, 0.25) is 0 Å². The summed E-state index contributed by atoms with van der Waals surface area (Å²) in [7, 11) is -4.75. The monoisotopic (exact) mass is 723 g/mol. The lowest BCUT2D eigenvalue weighted by Gasteiger charge is -2.20. The summed E-state index contributed by atoms with van der Waals surface area (Å²) in [5.41, 5.74) is 5.28. The van der Waals surface area contributed by atoms with Crippen molar-refractivity contribution in [1.29, 1.82) is 0 Å². The molecule has 0 fully saturated rings. The molecule has 0 saturated carbocycles. The Morgan fingerprint density at radius 1 is 0.694 bits per heavy atom. The van der Waals surface area contributed by atoms with Crippen LogP contribution in [-0.2, 0) is 42.3 Å². The number of ether oxygens (including phenoxy) is 2. The van der Waals surface area contributed by atoms with Crippen LogP contribution in [0.15, 0.2) is 12.2 Å². The summed E-state index contributed by atoms with van der Waals surface area (Å²) < 4.78 is 32.3. The second-order valence-electron chi connectivity index (χ2n) is 12.4. The number of esters is 2. The Balaban J connectivity index is 4.50. The summed E-state index contributed by atoms with van der Waals surface area (Å²) in [6, 6.07) is -1.55. The SMILES string of the molecule is CCCCCCCCCCCCCCCC(=O)OC[C@H](COP(=O)(O)OC[C@H](N)C(=O)O)OC(=O)CCCCCCCC(O)/C=C/C(=O)O. The molecule has 286 valence electrons. The van der Waals surface area contributed by atoms with Gasteiger partial charge in [-0.25, -0.2) is 9.36 Å². The van der Waals surface area contributed by atoms with Crippen LogP contribution >= 0.6 is 7.82 Å². The van der Waals surface area contributed by atoms with Crippen LogP contribution in [0.3, 0.4) is 0 Å². The number of aliphatic hydroxyl groups excluding tert-OH is 1. The molecular formula is C34H62NO13P. The van der Waals surface area contributed by atoms with E-state index >= 15 is 0 Å². The average Bonchev–Trinajstić information content (AvgIpc) is 3.05. The second-order valence-corrected chi connectivity index (χ2v) is 13.8. The lowest BCUT2D eigenvalue weighted by Crippen LogP contribution is -2.34. The molecular weight excluding hydrogens is 661 g/mol. The molecule has 49 heavy (non-hydrogen) atoms. The molecule has 6 N–H and O–H groups in total. The fraction of sp³-hybridized carbons (Fsp3) is 0.824. The number of unbranched alkanes of at least 4 members (excludes halogenated alkanes) is 16. The third-order valence-electron chi connectivity index (χ3n) is 7.71. The normalized spacial score (nSPS) is 14.6. The van der Waals surface area contributed by atoms with Gasteiger partial charge >= 0.3 is 31.7 Å². The van der Waals surface area contributed by atoms with Gasteiger partial charge in [0.1, 0.15) is 12.6 Å². The third kappa shape index (κ3) is 31.4. The number of phosphoric acid groups is 1. The number of phosphoric ester groups is 1. The molecule has 0 amide bonds. The van der Waals surface area contributed by atoms with Gasteiger partial charge in [-0.2, -0.15) is 0 Å². The molecule has 15 heteroatoms. The van der Waals surface area contributed by atoms with Gasteiger partial charge in [0.2, 0.25) is 0 Å². The number of aliphatic carboxylic acids is 2. The smallest absolute Gasteiger partial charge is 0.472 e. The largest absolute Gasteiger partial charge is 0.480 e. The van der Waals surface area contributed by atoms with Crippen molar-refractivity contribution in [3.05, 3.63) is 12.2 Å². The first kappa shape index (κ1) is 46.6. The molecule has 0 heterocycles. The topological polar surface area (TPSA) is 229 Å². The van der Waals surface area contributed by atoms with Crippen LogP contribution in [0.5, 0.6) is 0 Å². The highest BCUT2D eigenvalue weighted by Gasteiger charge is 2.28. The number of aliphatic hydroxyl groups is 1. The molecule has 0 aromatic heterocycles. The number of carboxylic acids is 2. The first-order valence-electron chi connectivity index (χ1n) is 17.9. The fourth-order valence-electron chi connectivity index (χ4n) is 4.81. The molecule has 2 unspecified atom stereocenters. The number of carboxylic acid groups (broad SMARTS) is 2. The van der Waals surface area contributed by atoms with Crippen LogP contribution in [0.4, 0.5) is 0 Å². The van der Waals surface area contributed by atoms with E-state index in [1.165, 1.54) is 63.9 Å². The van der Waals surface area contributed by atoms with Gasteiger partial charge in [0, 0.05) is 18.9 Å². The van der Waals surface area contributed by atoms with Crippen molar-refractivity contribution in [2.75, 3.05) is 19.8 Å². The van der Waals surface area contributed by atoms with Gasteiger partial charge < -0.3 is 35.4 Å². The van der Waals surface area contributed by atoms with Crippen molar-refractivity contribution in [1.82, 2.24) is 0 Å². The van der Waals surface area contributed by atoms with Crippen LogP contribution in [0, 0.1) is 0 Å². The van der Waals surface area contributed by atoms with E-state index in [-0.39, 0.29) is 12.8 Å². The van der Waals surface area contributed by atoms with Crippen molar-refractivity contribution in [2.24, 2.45) is 5.73 Å². The number of nitrogens with two attached hydrogens (primary N) is 1. The minimum Gasteiger partial charge on any atom is -0.480 e. The molecule has 4 atom stereocenters. The van der Waals surface area contributed by atoms with Crippen LogP contribution in [0.25, 0.3) is 0 Å². The molecule has 0 bridgehead atoms. The predicted molar refractivity (Wildman–Crippen MR) is 184 cm³/mol. The number of rotatable bonds is 34. The Morgan fingerprint density at radius 3 is 1.67 bits per heavy atom. The Labute approximate surface area is 291 Å². The minimum absolute atomic E-state index is 0.0358. The Kier molecular flexibility index (Phi) is 29.0. The van der Waals surface area contributed by atoms with E-state index in [4.69, 9.17) is 29.9 Å². The first-order chi connectivity index (χ1) is 23.4. The van der Waals surface area contributed by atoms with Gasteiger partial charge in [-0.15, -0.1) is 0 Å². The van der Waals surface area contributed by atoms with Gasteiger partial charge in [0.15, 0.2) is 6.10 Å². The van der Waals surface area contributed by atoms with Gasteiger partial charge in [0.05, 0.1) is 19.3 Å². The molecule has 0 radical (unpaired) electrons. The number of carbonyl (C=O) groups excluding carboxylic acids is 2. The number of hydrogen-bond donors (Lipinski definition) is 5. The molecule has 14 nitrogen and oxygen atoms in total. The molecule has 0 aliphatic heterocycles. The van der Waals surface area contributed by atoms with Crippen molar-refractivity contribution in [3.8, 4) is 0 Å². The van der Waals surface area contributed by atoms with E-state index in [1.54, 1.807) is 0 Å². The van der Waals surface area contributed by atoms with Gasteiger partial charge in [-0.1, -0.05) is 110 Å². The predicted octanol–water partition coefficient (Wildman–Crippen LogP) is 6.20. The second kappa shape index (κ2) is 30.5. The van der Waals surface area contributed by atoms with Gasteiger partial charge in [0.25, 0.3) is 0 Å². The summed E-state index contributed by atoms with van der Waals surface area (Å²) in [6.45, 7) is 0.376. The molecule has 0 aromatic carbocycles. The summed E-state index contributed by atoms with van der Waals surface area (Å²) in [5.74, 6) is -3.68. The highest BCUT2D eigenvalue weighted by atomic mass is 31.2. The average molecular weight is 724 g/mol. The van der Waals surface area contributed by atoms with E-state index < -0.39 is 69.8 Å². The standard InChI is InChI=1S/C34H62NO13P/c1-2-3-4-5-6-7-8-9-10-11-12-15-18-21-32(39)45-25-29(26-46-49(43,44)47-27-30(35)34(41)42)48-33(40)22-19-16-13-14-17-20-28(36)23-24-31(37)38/h23-24,28-30,36H,2-22,25-27,35H2,1H3,(H,37,38)(H,41,42)(H,43,44)/b24-23+/t28?,29-,30+/m1/s1. The number of hydrogen-bond acceptors (Lipinski definition) is 11. The summed E-state index contributed by atoms with van der Waals surface area (Å²) in [6.07, 6.45) is 19.4. The third-order valence-corrected chi connectivity index (χ3v) is 8.66. The molecule has 0 aliphatic rings. The molecule has 0 spiro atoms. The van der Waals surface area contributed by atoms with Crippen LogP contribution in [0.1, 0.15) is 142 Å². The summed E-state index contributed by atoms with van der Waals surface area (Å²) >= 11 is 0. The van der Waals surface area contributed by atoms with E-state index in [0.29, 0.717) is 32.1 Å².